The molecule has 0 fully saturated rings. The van der Waals surface area contributed by atoms with Crippen molar-refractivity contribution in [2.24, 2.45) is 5.92 Å². The molecule has 1 atom stereocenters. The summed E-state index contributed by atoms with van der Waals surface area (Å²) in [6.45, 7) is 6.60. The van der Waals surface area contributed by atoms with E-state index in [2.05, 4.69) is 80.3 Å². The number of allylic oxidation sites excluding steroid dienone is 1. The summed E-state index contributed by atoms with van der Waals surface area (Å²) < 4.78 is 33.7. The van der Waals surface area contributed by atoms with E-state index in [0.29, 0.717) is 6.42 Å². The zero-order valence-corrected chi connectivity index (χ0v) is 32.8. The van der Waals surface area contributed by atoms with Crippen LogP contribution < -0.4 is 9.47 Å². The topological polar surface area (TPSA) is 72.5 Å². The average Bonchev–Trinajstić information content (AvgIpc) is 3.93. The molecular weight excluding hydrogens is 669 g/mol. The van der Waals surface area contributed by atoms with E-state index in [1.165, 1.54) is 33.4 Å². The van der Waals surface area contributed by atoms with Crippen LogP contribution in [0.2, 0.25) is 19.6 Å². The fourth-order valence-electron chi connectivity index (χ4n) is 8.10. The smallest absolute Gasteiger partial charge is 0.242 e. The molecule has 4 aliphatic rings. The van der Waals surface area contributed by atoms with E-state index in [0.717, 1.165) is 60.5 Å². The fourth-order valence-corrected chi connectivity index (χ4v) is 8.95. The zero-order chi connectivity index (χ0) is 37.1. The van der Waals surface area contributed by atoms with Gasteiger partial charge in [0.05, 0.1) is 25.7 Å². The molecule has 0 spiro atoms. The minimum atomic E-state index is -1.53. The van der Waals surface area contributed by atoms with E-state index in [4.69, 9.17) is 28.1 Å². The molecule has 7 nitrogen and oxygen atoms in total. The summed E-state index contributed by atoms with van der Waals surface area (Å²) in [4.78, 5) is 13.0. The van der Waals surface area contributed by atoms with Crippen molar-refractivity contribution < 1.29 is 32.9 Å². The molecule has 8 rings (SSSR count). The van der Waals surface area contributed by atoms with Crippen molar-refractivity contribution in [2.45, 2.75) is 69.6 Å². The third-order valence-corrected chi connectivity index (χ3v) is 11.6. The predicted octanol–water partition coefficient (Wildman–Crippen LogP) is 8.45. The van der Waals surface area contributed by atoms with Crippen LogP contribution in [0.1, 0.15) is 49.3 Å². The number of carbonyl (C=O) groups excluding carboxylic acids is 1. The highest BCUT2D eigenvalue weighted by Crippen LogP contribution is 2.46. The molecule has 0 aliphatic heterocycles. The van der Waals surface area contributed by atoms with E-state index < -0.39 is 19.7 Å². The number of ether oxygens (including phenoxy) is 5. The molecule has 4 aromatic carbocycles. The number of fused-ring (bicyclic) bond motifs is 4. The predicted molar refractivity (Wildman–Crippen MR) is 208 cm³/mol. The Morgan fingerprint density at radius 2 is 1.10 bits per heavy atom. The highest BCUT2D eigenvalue weighted by molar-refractivity contribution is 6.70. The summed E-state index contributed by atoms with van der Waals surface area (Å²) >= 11 is 0. The molecule has 274 valence electrons. The molecule has 0 N–H and O–H groups in total. The highest BCUT2D eigenvalue weighted by Gasteiger charge is 2.51. The first-order valence-electron chi connectivity index (χ1n) is 18.0. The SMILES string of the molecule is COC1(OC)Cc2ccccc2C1.COc1cccc2c1CC(C1(OC)Cc3ccccc3C1)C2=O.COc1cccc2c1CC=C2O[Si](C)(C)C. The van der Waals surface area contributed by atoms with E-state index in [1.807, 2.05) is 30.3 Å². The van der Waals surface area contributed by atoms with Crippen LogP contribution in [-0.2, 0) is 57.2 Å². The summed E-state index contributed by atoms with van der Waals surface area (Å²) in [6.07, 6.45) is 7.08. The third-order valence-electron chi connectivity index (χ3n) is 10.8. The van der Waals surface area contributed by atoms with Crippen molar-refractivity contribution in [3.8, 4) is 11.5 Å². The Labute approximate surface area is 310 Å². The minimum Gasteiger partial charge on any atom is -0.544 e. The van der Waals surface area contributed by atoms with Gasteiger partial charge in [-0.25, -0.2) is 0 Å². The van der Waals surface area contributed by atoms with Gasteiger partial charge in [-0.05, 0) is 72.9 Å². The van der Waals surface area contributed by atoms with E-state index in [1.54, 1.807) is 35.5 Å². The Morgan fingerprint density at radius 1 is 0.596 bits per heavy atom. The molecule has 0 heterocycles. The molecule has 0 radical (unpaired) electrons. The van der Waals surface area contributed by atoms with E-state index in [-0.39, 0.29) is 11.7 Å². The van der Waals surface area contributed by atoms with Crippen LogP contribution in [-0.4, -0.2) is 61.0 Å². The Bertz CT molecular complexity index is 1890. The lowest BCUT2D eigenvalue weighted by Gasteiger charge is -2.33. The van der Waals surface area contributed by atoms with Crippen LogP contribution in [0, 0.1) is 5.92 Å². The summed E-state index contributed by atoms with van der Waals surface area (Å²) in [5.41, 5.74) is 9.09. The van der Waals surface area contributed by atoms with Gasteiger partial charge in [-0.1, -0.05) is 72.8 Å². The number of benzene rings is 4. The first-order chi connectivity index (χ1) is 25.0. The van der Waals surface area contributed by atoms with Crippen LogP contribution >= 0.6 is 0 Å². The maximum atomic E-state index is 13.0. The van der Waals surface area contributed by atoms with Crippen LogP contribution in [0.4, 0.5) is 0 Å². The molecule has 0 bridgehead atoms. The molecule has 0 saturated carbocycles. The lowest BCUT2D eigenvalue weighted by molar-refractivity contribution is -0.198. The second-order valence-corrected chi connectivity index (χ2v) is 19.3. The summed E-state index contributed by atoms with van der Waals surface area (Å²) in [7, 11) is 6.99. The normalized spacial score (nSPS) is 18.4. The maximum absolute atomic E-state index is 13.0. The minimum absolute atomic E-state index is 0.147. The first kappa shape index (κ1) is 37.5. The Hall–Kier alpha value is -4.21. The number of ketones is 1. The quantitative estimate of drug-likeness (QED) is 0.134. The molecule has 52 heavy (non-hydrogen) atoms. The molecule has 4 aliphatic carbocycles. The number of carbonyl (C=O) groups is 1. The van der Waals surface area contributed by atoms with Crippen LogP contribution in [0.3, 0.4) is 0 Å². The molecule has 0 amide bonds. The van der Waals surface area contributed by atoms with Crippen molar-refractivity contribution >= 4 is 19.9 Å². The molecule has 8 heteroatoms. The van der Waals surface area contributed by atoms with Gasteiger partial charge in [0.1, 0.15) is 17.3 Å². The molecule has 4 aromatic rings. The van der Waals surface area contributed by atoms with Crippen molar-refractivity contribution in [3.05, 3.63) is 136 Å². The Balaban J connectivity index is 0.000000141. The molecule has 0 aromatic heterocycles. The standard InChI is InChI=1S/C20H20O3.C13H18O2Si.C11H14O2/c1-22-18-9-5-8-15-16(18)10-17(19(15)21)20(23-2)11-13-6-3-4-7-14(13)12-20;1-14-12-7-5-6-10-11(12)8-9-13(10)15-16(2,3)4;1-12-11(13-2)7-9-5-3-4-6-10(9)8-11/h3-9,17H,10-12H2,1-2H3;5-7,9H,8H2,1-4H3;3-6H,7-8H2,1-2H3. The lowest BCUT2D eigenvalue weighted by atomic mass is 9.81. The van der Waals surface area contributed by atoms with Gasteiger partial charge in [0, 0.05) is 69.3 Å². The van der Waals surface area contributed by atoms with Gasteiger partial charge in [0.15, 0.2) is 11.6 Å². The van der Waals surface area contributed by atoms with Gasteiger partial charge in [0.2, 0.25) is 8.32 Å². The Morgan fingerprint density at radius 3 is 1.58 bits per heavy atom. The van der Waals surface area contributed by atoms with Gasteiger partial charge in [-0.2, -0.15) is 0 Å². The summed E-state index contributed by atoms with van der Waals surface area (Å²) in [5.74, 6) is 2.43. The number of hydrogen-bond donors (Lipinski definition) is 0. The summed E-state index contributed by atoms with van der Waals surface area (Å²) in [5, 5.41) is 0. The Kier molecular flexibility index (Phi) is 11.1. The number of methoxy groups -OCH3 is 5. The van der Waals surface area contributed by atoms with Crippen molar-refractivity contribution in [1.29, 1.82) is 0 Å². The van der Waals surface area contributed by atoms with Crippen LogP contribution in [0.5, 0.6) is 11.5 Å². The molecular formula is C44H52O7Si. The average molecular weight is 721 g/mol. The number of Topliss-reactive ketones (excluding diaryl/α,β-unsaturated/α-hetero) is 1. The van der Waals surface area contributed by atoms with Gasteiger partial charge < -0.3 is 28.1 Å². The second-order valence-electron chi connectivity index (χ2n) is 14.9. The van der Waals surface area contributed by atoms with E-state index >= 15 is 0 Å². The zero-order valence-electron chi connectivity index (χ0n) is 31.8. The third kappa shape index (κ3) is 7.48. The number of hydrogen-bond acceptors (Lipinski definition) is 7. The summed E-state index contributed by atoms with van der Waals surface area (Å²) in [6, 6.07) is 28.6. The highest BCUT2D eigenvalue weighted by atomic mass is 28.4. The molecule has 0 saturated heterocycles. The lowest BCUT2D eigenvalue weighted by Crippen LogP contribution is -2.44. The van der Waals surface area contributed by atoms with Crippen LogP contribution in [0.25, 0.3) is 5.76 Å². The largest absolute Gasteiger partial charge is 0.544 e. The maximum Gasteiger partial charge on any atom is 0.242 e. The van der Waals surface area contributed by atoms with Crippen molar-refractivity contribution in [2.75, 3.05) is 35.5 Å². The monoisotopic (exact) mass is 720 g/mol. The van der Waals surface area contributed by atoms with Gasteiger partial charge in [-0.15, -0.1) is 0 Å². The van der Waals surface area contributed by atoms with E-state index in [9.17, 15) is 4.79 Å². The van der Waals surface area contributed by atoms with Gasteiger partial charge in [-0.3, -0.25) is 4.79 Å². The number of rotatable bonds is 8. The van der Waals surface area contributed by atoms with Crippen LogP contribution in [0.15, 0.2) is 91.0 Å². The second kappa shape index (κ2) is 15.4. The van der Waals surface area contributed by atoms with Gasteiger partial charge >= 0.3 is 0 Å². The fraction of sp³-hybridized carbons (Fsp3) is 0.386. The first-order valence-corrected chi connectivity index (χ1v) is 21.4. The van der Waals surface area contributed by atoms with Crippen molar-refractivity contribution in [1.82, 2.24) is 0 Å². The van der Waals surface area contributed by atoms with Crippen molar-refractivity contribution in [3.63, 3.8) is 0 Å². The van der Waals surface area contributed by atoms with Gasteiger partial charge in [0.25, 0.3) is 0 Å². The molecule has 1 unspecified atom stereocenters.